The van der Waals surface area contributed by atoms with Crippen LogP contribution in [0.1, 0.15) is 58.8 Å². The minimum Gasteiger partial charge on any atom is -0.445 e. The van der Waals surface area contributed by atoms with Gasteiger partial charge in [0.15, 0.2) is 0 Å². The van der Waals surface area contributed by atoms with Crippen LogP contribution in [-0.2, 0) is 4.74 Å². The Balaban J connectivity index is 3.73. The number of carbonyl (C=O) groups is 1. The Labute approximate surface area is 123 Å². The van der Waals surface area contributed by atoms with Crippen molar-refractivity contribution in [2.45, 2.75) is 64.9 Å². The normalized spacial score (nSPS) is 12.2. The Morgan fingerprint density at radius 3 is 2.35 bits per heavy atom. The van der Waals surface area contributed by atoms with Crippen molar-refractivity contribution in [2.75, 3.05) is 26.2 Å². The molecular weight excluding hydrogens is 256 g/mol. The quantitative estimate of drug-likeness (QED) is 0.455. The standard InChI is InChI=1S/C15H32N2O3/c1-3-5-7-10-16-13-14(9-12-18)20-15(19)17-11-8-6-4-2/h14,16,18H,3-13H2,1-2H3,(H,17,19). The molecule has 0 fully saturated rings. The molecule has 20 heavy (non-hydrogen) atoms. The summed E-state index contributed by atoms with van der Waals surface area (Å²) in [5.74, 6) is 0. The molecule has 0 radical (unpaired) electrons. The molecule has 0 aliphatic heterocycles. The van der Waals surface area contributed by atoms with Gasteiger partial charge in [0, 0.05) is 26.1 Å². The Morgan fingerprint density at radius 2 is 1.75 bits per heavy atom. The Kier molecular flexibility index (Phi) is 14.0. The lowest BCUT2D eigenvalue weighted by Crippen LogP contribution is -2.36. The number of unbranched alkanes of at least 4 members (excludes halogenated alkanes) is 4. The van der Waals surface area contributed by atoms with Gasteiger partial charge in [-0.3, -0.25) is 0 Å². The topological polar surface area (TPSA) is 70.6 Å². The molecule has 0 bridgehead atoms. The minimum absolute atomic E-state index is 0.0322. The van der Waals surface area contributed by atoms with E-state index in [0.717, 1.165) is 32.2 Å². The molecule has 5 nitrogen and oxygen atoms in total. The molecule has 1 unspecified atom stereocenters. The summed E-state index contributed by atoms with van der Waals surface area (Å²) in [6.07, 6.45) is 6.59. The van der Waals surface area contributed by atoms with E-state index in [1.54, 1.807) is 0 Å². The molecule has 0 spiro atoms. The van der Waals surface area contributed by atoms with Crippen LogP contribution in [0.2, 0.25) is 0 Å². The van der Waals surface area contributed by atoms with Gasteiger partial charge in [-0.1, -0.05) is 39.5 Å². The lowest BCUT2D eigenvalue weighted by Gasteiger charge is -2.18. The van der Waals surface area contributed by atoms with Crippen molar-refractivity contribution in [3.05, 3.63) is 0 Å². The van der Waals surface area contributed by atoms with Gasteiger partial charge in [0.25, 0.3) is 0 Å². The van der Waals surface area contributed by atoms with E-state index in [-0.39, 0.29) is 18.8 Å². The maximum Gasteiger partial charge on any atom is 0.407 e. The Bertz CT molecular complexity index is 225. The number of rotatable bonds is 13. The summed E-state index contributed by atoms with van der Waals surface area (Å²) in [6.45, 7) is 6.51. The summed E-state index contributed by atoms with van der Waals surface area (Å²) in [5.41, 5.74) is 0. The molecule has 0 aliphatic carbocycles. The zero-order valence-electron chi connectivity index (χ0n) is 13.1. The van der Waals surface area contributed by atoms with Crippen molar-refractivity contribution in [2.24, 2.45) is 0 Å². The lowest BCUT2D eigenvalue weighted by molar-refractivity contribution is 0.0799. The van der Waals surface area contributed by atoms with Crippen LogP contribution < -0.4 is 10.6 Å². The van der Waals surface area contributed by atoms with Crippen molar-refractivity contribution >= 4 is 6.09 Å². The fraction of sp³-hybridized carbons (Fsp3) is 0.933. The summed E-state index contributed by atoms with van der Waals surface area (Å²) in [6, 6.07) is 0. The van der Waals surface area contributed by atoms with Gasteiger partial charge in [-0.05, 0) is 19.4 Å². The number of carbonyl (C=O) groups excluding carboxylic acids is 1. The van der Waals surface area contributed by atoms with E-state index in [1.807, 2.05) is 0 Å². The third-order valence-electron chi connectivity index (χ3n) is 3.10. The second-order valence-electron chi connectivity index (χ2n) is 5.08. The first-order valence-corrected chi connectivity index (χ1v) is 8.00. The fourth-order valence-corrected chi connectivity index (χ4v) is 1.87. The molecule has 1 atom stereocenters. The minimum atomic E-state index is -0.380. The van der Waals surface area contributed by atoms with Gasteiger partial charge >= 0.3 is 6.09 Å². The van der Waals surface area contributed by atoms with E-state index in [2.05, 4.69) is 24.5 Å². The van der Waals surface area contributed by atoms with Gasteiger partial charge < -0.3 is 20.5 Å². The molecule has 1 amide bonds. The van der Waals surface area contributed by atoms with Crippen LogP contribution in [0.15, 0.2) is 0 Å². The molecule has 0 aromatic rings. The SMILES string of the molecule is CCCCCNCC(CCO)OC(=O)NCCCCC. The number of alkyl carbamates (subject to hydrolysis) is 1. The third kappa shape index (κ3) is 12.2. The number of aliphatic hydroxyl groups is 1. The van der Waals surface area contributed by atoms with Gasteiger partial charge in [0.1, 0.15) is 6.10 Å². The second-order valence-corrected chi connectivity index (χ2v) is 5.08. The molecule has 0 rings (SSSR count). The number of aliphatic hydroxyl groups excluding tert-OH is 1. The van der Waals surface area contributed by atoms with Crippen LogP contribution >= 0.6 is 0 Å². The summed E-state index contributed by atoms with van der Waals surface area (Å²) in [7, 11) is 0. The van der Waals surface area contributed by atoms with Crippen molar-refractivity contribution in [3.8, 4) is 0 Å². The third-order valence-corrected chi connectivity index (χ3v) is 3.10. The summed E-state index contributed by atoms with van der Waals surface area (Å²) in [5, 5.41) is 15.0. The molecule has 0 saturated carbocycles. The van der Waals surface area contributed by atoms with Gasteiger partial charge in [0.2, 0.25) is 0 Å². The summed E-state index contributed by atoms with van der Waals surface area (Å²) < 4.78 is 5.31. The van der Waals surface area contributed by atoms with E-state index >= 15 is 0 Å². The van der Waals surface area contributed by atoms with Crippen LogP contribution in [0, 0.1) is 0 Å². The molecule has 0 aromatic heterocycles. The first kappa shape index (κ1) is 19.2. The lowest BCUT2D eigenvalue weighted by atomic mass is 10.2. The first-order valence-electron chi connectivity index (χ1n) is 8.00. The fourth-order valence-electron chi connectivity index (χ4n) is 1.87. The second kappa shape index (κ2) is 14.6. The highest BCUT2D eigenvalue weighted by atomic mass is 16.6. The van der Waals surface area contributed by atoms with Gasteiger partial charge in [-0.2, -0.15) is 0 Å². The van der Waals surface area contributed by atoms with Crippen LogP contribution in [0.25, 0.3) is 0 Å². The summed E-state index contributed by atoms with van der Waals surface area (Å²) in [4.78, 5) is 11.6. The van der Waals surface area contributed by atoms with E-state index < -0.39 is 0 Å². The molecule has 0 aliphatic rings. The van der Waals surface area contributed by atoms with Gasteiger partial charge in [0.05, 0.1) is 0 Å². The number of hydrogen-bond donors (Lipinski definition) is 3. The highest BCUT2D eigenvalue weighted by molar-refractivity contribution is 5.67. The number of ether oxygens (including phenoxy) is 1. The largest absolute Gasteiger partial charge is 0.445 e. The Morgan fingerprint density at radius 1 is 1.10 bits per heavy atom. The predicted octanol–water partition coefficient (Wildman–Crippen LogP) is 2.43. The molecule has 0 heterocycles. The smallest absolute Gasteiger partial charge is 0.407 e. The zero-order chi connectivity index (χ0) is 15.1. The highest BCUT2D eigenvalue weighted by Crippen LogP contribution is 1.99. The van der Waals surface area contributed by atoms with Crippen molar-refractivity contribution in [3.63, 3.8) is 0 Å². The maximum absolute atomic E-state index is 11.6. The van der Waals surface area contributed by atoms with E-state index in [9.17, 15) is 4.79 Å². The number of nitrogens with one attached hydrogen (secondary N) is 2. The molecule has 0 saturated heterocycles. The van der Waals surface area contributed by atoms with Crippen molar-refractivity contribution < 1.29 is 14.6 Å². The molecule has 5 heteroatoms. The molecule has 120 valence electrons. The molecule has 0 aromatic carbocycles. The monoisotopic (exact) mass is 288 g/mol. The number of hydrogen-bond acceptors (Lipinski definition) is 4. The predicted molar refractivity (Wildman–Crippen MR) is 81.9 cm³/mol. The van der Waals surface area contributed by atoms with Crippen molar-refractivity contribution in [1.82, 2.24) is 10.6 Å². The Hall–Kier alpha value is -0.810. The number of amides is 1. The zero-order valence-corrected chi connectivity index (χ0v) is 13.1. The van der Waals surface area contributed by atoms with Crippen LogP contribution in [0.3, 0.4) is 0 Å². The molecular formula is C15H32N2O3. The highest BCUT2D eigenvalue weighted by Gasteiger charge is 2.13. The van der Waals surface area contributed by atoms with E-state index in [4.69, 9.17) is 9.84 Å². The van der Waals surface area contributed by atoms with E-state index in [0.29, 0.717) is 19.5 Å². The van der Waals surface area contributed by atoms with Crippen LogP contribution in [0.4, 0.5) is 4.79 Å². The molecule has 3 N–H and O–H groups in total. The maximum atomic E-state index is 11.6. The van der Waals surface area contributed by atoms with Gasteiger partial charge in [-0.25, -0.2) is 4.79 Å². The van der Waals surface area contributed by atoms with Crippen LogP contribution in [0.5, 0.6) is 0 Å². The average molecular weight is 288 g/mol. The summed E-state index contributed by atoms with van der Waals surface area (Å²) >= 11 is 0. The van der Waals surface area contributed by atoms with Crippen LogP contribution in [-0.4, -0.2) is 43.5 Å². The first-order chi connectivity index (χ1) is 9.74. The van der Waals surface area contributed by atoms with Crippen molar-refractivity contribution in [1.29, 1.82) is 0 Å². The van der Waals surface area contributed by atoms with Gasteiger partial charge in [-0.15, -0.1) is 0 Å². The van der Waals surface area contributed by atoms with E-state index in [1.165, 1.54) is 12.8 Å². The average Bonchev–Trinajstić information content (AvgIpc) is 2.43.